The third-order valence-corrected chi connectivity index (χ3v) is 3.07. The van der Waals surface area contributed by atoms with Crippen LogP contribution in [-0.4, -0.2) is 26.8 Å². The predicted molar refractivity (Wildman–Crippen MR) is 73.7 cm³/mol. The van der Waals surface area contributed by atoms with Crippen LogP contribution in [0.15, 0.2) is 30.6 Å². The number of benzene rings is 1. The van der Waals surface area contributed by atoms with E-state index in [9.17, 15) is 14.0 Å². The van der Waals surface area contributed by atoms with E-state index in [1.165, 1.54) is 35.3 Å². The number of amides is 1. The van der Waals surface area contributed by atoms with Gasteiger partial charge in [0.05, 0.1) is 11.8 Å². The van der Waals surface area contributed by atoms with Gasteiger partial charge < -0.3 is 10.4 Å². The summed E-state index contributed by atoms with van der Waals surface area (Å²) in [5.74, 6) is -1.86. The van der Waals surface area contributed by atoms with Gasteiger partial charge in [-0.05, 0) is 37.6 Å². The minimum atomic E-state index is -1.11. The molecule has 1 amide bonds. The van der Waals surface area contributed by atoms with Crippen molar-refractivity contribution >= 4 is 17.6 Å². The molecule has 0 fully saturated rings. The van der Waals surface area contributed by atoms with E-state index in [-0.39, 0.29) is 17.3 Å². The number of nitrogens with one attached hydrogen (secondary N) is 1. The van der Waals surface area contributed by atoms with Crippen LogP contribution in [0.3, 0.4) is 0 Å². The summed E-state index contributed by atoms with van der Waals surface area (Å²) >= 11 is 0. The van der Waals surface area contributed by atoms with Crippen LogP contribution in [0.25, 0.3) is 0 Å². The van der Waals surface area contributed by atoms with Gasteiger partial charge in [0, 0.05) is 11.9 Å². The molecule has 1 atom stereocenters. The Morgan fingerprint density at radius 2 is 2.14 bits per heavy atom. The zero-order chi connectivity index (χ0) is 15.6. The van der Waals surface area contributed by atoms with E-state index in [0.29, 0.717) is 11.3 Å². The summed E-state index contributed by atoms with van der Waals surface area (Å²) < 4.78 is 14.3. The highest BCUT2D eigenvalue weighted by Gasteiger charge is 2.18. The largest absolute Gasteiger partial charge is 0.478 e. The highest BCUT2D eigenvalue weighted by atomic mass is 19.1. The van der Waals surface area contributed by atoms with E-state index in [2.05, 4.69) is 10.4 Å². The van der Waals surface area contributed by atoms with Crippen LogP contribution in [-0.2, 0) is 4.79 Å². The number of carbonyl (C=O) groups excluding carboxylic acids is 1. The van der Waals surface area contributed by atoms with Gasteiger partial charge in [-0.25, -0.2) is 9.18 Å². The molecule has 0 aliphatic rings. The Kier molecular flexibility index (Phi) is 4.02. The van der Waals surface area contributed by atoms with Crippen LogP contribution in [0, 0.1) is 12.7 Å². The molecule has 7 heteroatoms. The first-order chi connectivity index (χ1) is 9.88. The minimum absolute atomic E-state index is 0.00705. The Hall–Kier alpha value is -2.70. The van der Waals surface area contributed by atoms with Crippen molar-refractivity contribution in [2.75, 3.05) is 5.32 Å². The first kappa shape index (κ1) is 14.7. The Bertz CT molecular complexity index is 697. The van der Waals surface area contributed by atoms with E-state index in [0.717, 1.165) is 0 Å². The average molecular weight is 291 g/mol. The number of carboxylic acids is 1. The maximum Gasteiger partial charge on any atom is 0.338 e. The maximum absolute atomic E-state index is 13.0. The number of rotatable bonds is 4. The molecule has 2 aromatic rings. The van der Waals surface area contributed by atoms with E-state index >= 15 is 0 Å². The van der Waals surface area contributed by atoms with E-state index in [4.69, 9.17) is 5.11 Å². The van der Waals surface area contributed by atoms with Gasteiger partial charge in [0.2, 0.25) is 5.91 Å². The number of halogens is 1. The van der Waals surface area contributed by atoms with Gasteiger partial charge in [0.15, 0.2) is 0 Å². The smallest absolute Gasteiger partial charge is 0.338 e. The first-order valence-electron chi connectivity index (χ1n) is 6.23. The summed E-state index contributed by atoms with van der Waals surface area (Å²) in [6, 6.07) is 3.35. The molecule has 2 rings (SSSR count). The molecule has 110 valence electrons. The molecule has 1 aromatic carbocycles. The number of hydrogen-bond acceptors (Lipinski definition) is 3. The quantitative estimate of drug-likeness (QED) is 0.904. The second kappa shape index (κ2) is 5.74. The second-order valence-corrected chi connectivity index (χ2v) is 4.64. The molecule has 0 aliphatic heterocycles. The topological polar surface area (TPSA) is 84.2 Å². The summed E-state index contributed by atoms with van der Waals surface area (Å²) in [7, 11) is 0. The number of aromatic carboxylic acids is 1. The molecule has 1 heterocycles. The molecular formula is C14H14FN3O3. The molecular weight excluding hydrogens is 277 g/mol. The lowest BCUT2D eigenvalue weighted by atomic mass is 10.2. The van der Waals surface area contributed by atoms with Gasteiger partial charge in [-0.15, -0.1) is 0 Å². The fraction of sp³-hybridized carbons (Fsp3) is 0.214. The molecule has 0 saturated carbocycles. The van der Waals surface area contributed by atoms with Gasteiger partial charge >= 0.3 is 5.97 Å². The maximum atomic E-state index is 13.0. The molecule has 1 unspecified atom stereocenters. The lowest BCUT2D eigenvalue weighted by Gasteiger charge is -2.14. The van der Waals surface area contributed by atoms with Crippen molar-refractivity contribution in [2.24, 2.45) is 0 Å². The molecule has 2 N–H and O–H groups in total. The van der Waals surface area contributed by atoms with Gasteiger partial charge in [-0.3, -0.25) is 9.48 Å². The van der Waals surface area contributed by atoms with E-state index in [1.807, 2.05) is 0 Å². The third kappa shape index (κ3) is 3.25. The van der Waals surface area contributed by atoms with Crippen molar-refractivity contribution in [3.8, 4) is 0 Å². The fourth-order valence-corrected chi connectivity index (χ4v) is 1.78. The van der Waals surface area contributed by atoms with Crippen molar-refractivity contribution < 1.29 is 19.1 Å². The highest BCUT2D eigenvalue weighted by molar-refractivity contribution is 5.94. The lowest BCUT2D eigenvalue weighted by Crippen LogP contribution is -2.24. The Labute approximate surface area is 120 Å². The standard InChI is InChI=1S/C14H14FN3O3/c1-8-5-11(15)3-4-12(8)17-13(19)9(2)18-7-10(6-16-18)14(20)21/h3-7,9H,1-2H3,(H,17,19)(H,20,21). The Balaban J connectivity index is 2.13. The Morgan fingerprint density at radius 3 is 2.71 bits per heavy atom. The van der Waals surface area contributed by atoms with Crippen LogP contribution >= 0.6 is 0 Å². The first-order valence-corrected chi connectivity index (χ1v) is 6.23. The van der Waals surface area contributed by atoms with Crippen molar-refractivity contribution in [1.29, 1.82) is 0 Å². The summed E-state index contributed by atoms with van der Waals surface area (Å²) in [6.45, 7) is 3.27. The van der Waals surface area contributed by atoms with Gasteiger partial charge in [-0.1, -0.05) is 0 Å². The number of nitrogens with zero attached hydrogens (tertiary/aromatic N) is 2. The van der Waals surface area contributed by atoms with Crippen LogP contribution in [0.4, 0.5) is 10.1 Å². The van der Waals surface area contributed by atoms with Gasteiger partial charge in [0.25, 0.3) is 0 Å². The van der Waals surface area contributed by atoms with Crippen LogP contribution in [0.5, 0.6) is 0 Å². The molecule has 0 spiro atoms. The number of anilines is 1. The minimum Gasteiger partial charge on any atom is -0.478 e. The number of aryl methyl sites for hydroxylation is 1. The molecule has 0 bridgehead atoms. The van der Waals surface area contributed by atoms with Gasteiger partial charge in [0.1, 0.15) is 11.9 Å². The predicted octanol–water partition coefficient (Wildman–Crippen LogP) is 2.23. The summed E-state index contributed by atoms with van der Waals surface area (Å²) in [5.41, 5.74) is 1.11. The van der Waals surface area contributed by atoms with Crippen LogP contribution < -0.4 is 5.32 Å². The van der Waals surface area contributed by atoms with Crippen molar-refractivity contribution in [3.05, 3.63) is 47.5 Å². The molecule has 21 heavy (non-hydrogen) atoms. The SMILES string of the molecule is Cc1cc(F)ccc1NC(=O)C(C)n1cc(C(=O)O)cn1. The molecule has 0 saturated heterocycles. The van der Waals surface area contributed by atoms with Crippen molar-refractivity contribution in [3.63, 3.8) is 0 Å². The average Bonchev–Trinajstić information content (AvgIpc) is 2.90. The van der Waals surface area contributed by atoms with Crippen molar-refractivity contribution in [1.82, 2.24) is 9.78 Å². The number of hydrogen-bond donors (Lipinski definition) is 2. The molecule has 0 aliphatic carbocycles. The highest BCUT2D eigenvalue weighted by Crippen LogP contribution is 2.17. The Morgan fingerprint density at radius 1 is 1.43 bits per heavy atom. The third-order valence-electron chi connectivity index (χ3n) is 3.07. The molecule has 6 nitrogen and oxygen atoms in total. The molecule has 1 aromatic heterocycles. The summed E-state index contributed by atoms with van der Waals surface area (Å²) in [4.78, 5) is 22.9. The van der Waals surface area contributed by atoms with E-state index in [1.54, 1.807) is 13.8 Å². The van der Waals surface area contributed by atoms with E-state index < -0.39 is 12.0 Å². The zero-order valence-corrected chi connectivity index (χ0v) is 11.5. The summed E-state index contributed by atoms with van der Waals surface area (Å²) in [5, 5.41) is 15.3. The normalized spacial score (nSPS) is 12.0. The van der Waals surface area contributed by atoms with Crippen molar-refractivity contribution in [2.45, 2.75) is 19.9 Å². The second-order valence-electron chi connectivity index (χ2n) is 4.64. The number of aromatic nitrogens is 2. The zero-order valence-electron chi connectivity index (χ0n) is 11.5. The molecule has 0 radical (unpaired) electrons. The van der Waals surface area contributed by atoms with Crippen LogP contribution in [0.1, 0.15) is 28.9 Å². The number of carbonyl (C=O) groups is 2. The summed E-state index contributed by atoms with van der Waals surface area (Å²) in [6.07, 6.45) is 2.46. The van der Waals surface area contributed by atoms with Gasteiger partial charge in [-0.2, -0.15) is 5.10 Å². The van der Waals surface area contributed by atoms with Crippen LogP contribution in [0.2, 0.25) is 0 Å². The monoisotopic (exact) mass is 291 g/mol. The fourth-order valence-electron chi connectivity index (χ4n) is 1.78. The number of carboxylic acid groups (broad SMARTS) is 1. The lowest BCUT2D eigenvalue weighted by molar-refractivity contribution is -0.119.